The van der Waals surface area contributed by atoms with E-state index in [-0.39, 0.29) is 6.10 Å². The van der Waals surface area contributed by atoms with E-state index in [4.69, 9.17) is 16.3 Å². The number of hydrogen-bond donors (Lipinski definition) is 0. The monoisotopic (exact) mass is 252 g/mol. The van der Waals surface area contributed by atoms with Crippen LogP contribution >= 0.6 is 11.6 Å². The maximum atomic E-state index is 5.97. The van der Waals surface area contributed by atoms with Crippen molar-refractivity contribution in [3.8, 4) is 11.4 Å². The van der Waals surface area contributed by atoms with E-state index in [0.717, 1.165) is 5.69 Å². The number of nitrogens with zero attached hydrogens (tertiary/aromatic N) is 4. The van der Waals surface area contributed by atoms with Gasteiger partial charge >= 0.3 is 0 Å². The van der Waals surface area contributed by atoms with Gasteiger partial charge in [0.1, 0.15) is 17.0 Å². The summed E-state index contributed by atoms with van der Waals surface area (Å²) in [6.07, 6.45) is 1.65. The van der Waals surface area contributed by atoms with Gasteiger partial charge in [0.2, 0.25) is 0 Å². The normalized spacial score (nSPS) is 12.7. The molecule has 2 heterocycles. The van der Waals surface area contributed by atoms with E-state index in [0.29, 0.717) is 16.7 Å². The van der Waals surface area contributed by atoms with E-state index in [1.165, 1.54) is 0 Å². The Morgan fingerprint density at radius 2 is 2.12 bits per heavy atom. The van der Waals surface area contributed by atoms with Crippen molar-refractivity contribution in [2.45, 2.75) is 13.0 Å². The van der Waals surface area contributed by atoms with Crippen LogP contribution < -0.4 is 0 Å². The minimum absolute atomic E-state index is 0.198. The molecule has 0 aromatic carbocycles. The molecule has 0 aliphatic rings. The molecule has 17 heavy (non-hydrogen) atoms. The van der Waals surface area contributed by atoms with E-state index in [2.05, 4.69) is 15.1 Å². The smallest absolute Gasteiger partial charge is 0.159 e. The zero-order chi connectivity index (χ0) is 12.4. The highest BCUT2D eigenvalue weighted by molar-refractivity contribution is 6.29. The van der Waals surface area contributed by atoms with Gasteiger partial charge in [0, 0.05) is 26.4 Å². The zero-order valence-corrected chi connectivity index (χ0v) is 10.6. The molecule has 0 saturated carbocycles. The minimum atomic E-state index is -0.198. The summed E-state index contributed by atoms with van der Waals surface area (Å²) in [5, 5.41) is 4.66. The fourth-order valence-electron chi connectivity index (χ4n) is 1.41. The van der Waals surface area contributed by atoms with E-state index < -0.39 is 0 Å². The summed E-state index contributed by atoms with van der Waals surface area (Å²) < 4.78 is 6.89. The van der Waals surface area contributed by atoms with E-state index in [1.807, 2.05) is 26.2 Å². The molecule has 5 nitrogen and oxygen atoms in total. The van der Waals surface area contributed by atoms with Gasteiger partial charge in [0.25, 0.3) is 0 Å². The lowest BCUT2D eigenvalue weighted by molar-refractivity contribution is 0.112. The lowest BCUT2D eigenvalue weighted by atomic mass is 10.3. The summed E-state index contributed by atoms with van der Waals surface area (Å²) in [6, 6.07) is 3.57. The first-order valence-electron chi connectivity index (χ1n) is 5.17. The number of methoxy groups -OCH3 is 1. The van der Waals surface area contributed by atoms with Crippen molar-refractivity contribution in [3.05, 3.63) is 29.3 Å². The molecule has 0 fully saturated rings. The summed E-state index contributed by atoms with van der Waals surface area (Å²) in [5.41, 5.74) is 1.46. The van der Waals surface area contributed by atoms with Crippen molar-refractivity contribution in [2.24, 2.45) is 7.05 Å². The molecule has 0 unspecified atom stereocenters. The Bertz CT molecular complexity index is 526. The molecule has 2 aromatic heterocycles. The number of hydrogen-bond acceptors (Lipinski definition) is 4. The van der Waals surface area contributed by atoms with Gasteiger partial charge in [-0.05, 0) is 13.0 Å². The van der Waals surface area contributed by atoms with Crippen LogP contribution in [0.4, 0.5) is 0 Å². The molecule has 90 valence electrons. The molecule has 0 amide bonds. The highest BCUT2D eigenvalue weighted by Crippen LogP contribution is 2.21. The van der Waals surface area contributed by atoms with Crippen molar-refractivity contribution in [1.82, 2.24) is 19.7 Å². The van der Waals surface area contributed by atoms with Gasteiger partial charge in [-0.3, -0.25) is 4.68 Å². The highest BCUT2D eigenvalue weighted by Gasteiger charge is 2.12. The van der Waals surface area contributed by atoms with Crippen LogP contribution in [0.1, 0.15) is 18.9 Å². The van der Waals surface area contributed by atoms with Crippen molar-refractivity contribution in [2.75, 3.05) is 7.11 Å². The van der Waals surface area contributed by atoms with Crippen molar-refractivity contribution in [3.63, 3.8) is 0 Å². The SMILES string of the molecule is CO[C@H](C)c1nc(Cl)cc(-c2ccn(C)n2)n1. The first-order chi connectivity index (χ1) is 8.10. The van der Waals surface area contributed by atoms with Crippen molar-refractivity contribution in [1.29, 1.82) is 0 Å². The van der Waals surface area contributed by atoms with Crippen molar-refractivity contribution >= 4 is 11.6 Å². The fourth-order valence-corrected chi connectivity index (χ4v) is 1.60. The fraction of sp³-hybridized carbons (Fsp3) is 0.364. The molecule has 6 heteroatoms. The lowest BCUT2D eigenvalue weighted by Crippen LogP contribution is -2.04. The standard InChI is InChI=1S/C11H13ClN4O/c1-7(17-3)11-13-9(6-10(12)14-11)8-4-5-16(2)15-8/h4-7H,1-3H3/t7-/m1/s1. The molecule has 0 radical (unpaired) electrons. The predicted octanol–water partition coefficient (Wildman–Crippen LogP) is 2.24. The average molecular weight is 253 g/mol. The quantitative estimate of drug-likeness (QED) is 0.786. The molecule has 0 aliphatic heterocycles. The van der Waals surface area contributed by atoms with Gasteiger partial charge in [-0.1, -0.05) is 11.6 Å². The average Bonchev–Trinajstić information content (AvgIpc) is 2.74. The Kier molecular flexibility index (Phi) is 3.40. The van der Waals surface area contributed by atoms with Crippen molar-refractivity contribution < 1.29 is 4.74 Å². The second-order valence-corrected chi connectivity index (χ2v) is 4.07. The molecular weight excluding hydrogens is 240 g/mol. The molecule has 0 N–H and O–H groups in total. The molecule has 1 atom stereocenters. The maximum absolute atomic E-state index is 5.97. The predicted molar refractivity (Wildman–Crippen MR) is 64.7 cm³/mol. The third-order valence-corrected chi connectivity index (χ3v) is 2.60. The van der Waals surface area contributed by atoms with Gasteiger partial charge < -0.3 is 4.74 Å². The number of ether oxygens (including phenoxy) is 1. The molecule has 0 saturated heterocycles. The van der Waals surface area contributed by atoms with Crippen LogP contribution in [0.5, 0.6) is 0 Å². The molecular formula is C11H13ClN4O. The molecule has 2 rings (SSSR count). The third kappa shape index (κ3) is 2.62. The Balaban J connectivity index is 2.44. The second-order valence-electron chi connectivity index (χ2n) is 3.69. The summed E-state index contributed by atoms with van der Waals surface area (Å²) in [4.78, 5) is 8.52. The van der Waals surface area contributed by atoms with Crippen LogP contribution in [0.25, 0.3) is 11.4 Å². The summed E-state index contributed by atoms with van der Waals surface area (Å²) in [7, 11) is 3.46. The first kappa shape index (κ1) is 12.0. The molecule has 0 spiro atoms. The van der Waals surface area contributed by atoms with Gasteiger partial charge in [0.15, 0.2) is 5.82 Å². The van der Waals surface area contributed by atoms with Crippen LogP contribution in [-0.2, 0) is 11.8 Å². The van der Waals surface area contributed by atoms with Crippen LogP contribution in [0.3, 0.4) is 0 Å². The Morgan fingerprint density at radius 1 is 1.35 bits per heavy atom. The van der Waals surface area contributed by atoms with E-state index >= 15 is 0 Å². The lowest BCUT2D eigenvalue weighted by Gasteiger charge is -2.09. The number of rotatable bonds is 3. The second kappa shape index (κ2) is 4.81. The van der Waals surface area contributed by atoms with Crippen LogP contribution in [0.2, 0.25) is 5.15 Å². The molecule has 2 aromatic rings. The van der Waals surface area contributed by atoms with Gasteiger partial charge in [-0.15, -0.1) is 0 Å². The van der Waals surface area contributed by atoms with Crippen LogP contribution in [0, 0.1) is 0 Å². The Hall–Kier alpha value is -1.46. The van der Waals surface area contributed by atoms with Gasteiger partial charge in [-0.2, -0.15) is 5.10 Å². The zero-order valence-electron chi connectivity index (χ0n) is 9.88. The highest BCUT2D eigenvalue weighted by atomic mass is 35.5. The Morgan fingerprint density at radius 3 is 2.71 bits per heavy atom. The topological polar surface area (TPSA) is 52.8 Å². The third-order valence-electron chi connectivity index (χ3n) is 2.41. The first-order valence-corrected chi connectivity index (χ1v) is 5.55. The summed E-state index contributed by atoms with van der Waals surface area (Å²) >= 11 is 5.97. The van der Waals surface area contributed by atoms with E-state index in [9.17, 15) is 0 Å². The van der Waals surface area contributed by atoms with E-state index in [1.54, 1.807) is 17.9 Å². The Labute approximate surface area is 104 Å². The number of halogens is 1. The largest absolute Gasteiger partial charge is 0.374 e. The van der Waals surface area contributed by atoms with Crippen LogP contribution in [-0.4, -0.2) is 26.9 Å². The number of aromatic nitrogens is 4. The minimum Gasteiger partial charge on any atom is -0.374 e. The molecule has 0 bridgehead atoms. The van der Waals surface area contributed by atoms with Gasteiger partial charge in [0.05, 0.1) is 5.69 Å². The number of aryl methyl sites for hydroxylation is 1. The van der Waals surface area contributed by atoms with Crippen LogP contribution in [0.15, 0.2) is 18.3 Å². The summed E-state index contributed by atoms with van der Waals surface area (Å²) in [5.74, 6) is 0.556. The molecule has 0 aliphatic carbocycles. The summed E-state index contributed by atoms with van der Waals surface area (Å²) in [6.45, 7) is 1.87. The van der Waals surface area contributed by atoms with Gasteiger partial charge in [-0.25, -0.2) is 9.97 Å². The maximum Gasteiger partial charge on any atom is 0.159 e.